The first kappa shape index (κ1) is 64.5. The van der Waals surface area contributed by atoms with Gasteiger partial charge in [-0.05, 0) is 95.8 Å². The molecule has 6 fully saturated rings. The molecular formula is C61H86N2O22. The van der Waals surface area contributed by atoms with E-state index >= 15 is 4.79 Å². The van der Waals surface area contributed by atoms with Crippen molar-refractivity contribution in [3.8, 4) is 0 Å². The van der Waals surface area contributed by atoms with Crippen molar-refractivity contribution in [2.45, 2.75) is 243 Å². The predicted octanol–water partition coefficient (Wildman–Crippen LogP) is 5.45. The van der Waals surface area contributed by atoms with Crippen molar-refractivity contribution in [2.75, 3.05) is 7.11 Å². The second-order valence-electron chi connectivity index (χ2n) is 25.7. The summed E-state index contributed by atoms with van der Waals surface area (Å²) in [7, 11) is 1.15. The summed E-state index contributed by atoms with van der Waals surface area (Å²) >= 11 is 0. The third-order valence-electron chi connectivity index (χ3n) is 19.8. The lowest BCUT2D eigenvalue weighted by Gasteiger charge is -2.56. The fourth-order valence-electron chi connectivity index (χ4n) is 15.5. The minimum absolute atomic E-state index is 0.0000144. The van der Waals surface area contributed by atoms with Gasteiger partial charge in [-0.2, -0.15) is 0 Å². The molecule has 0 aromatic carbocycles. The van der Waals surface area contributed by atoms with Gasteiger partial charge in [-0.15, -0.1) is 0 Å². The van der Waals surface area contributed by atoms with Gasteiger partial charge < -0.3 is 77.8 Å². The van der Waals surface area contributed by atoms with Crippen LogP contribution in [0.1, 0.15) is 128 Å². The molecule has 0 unspecified atom stereocenters. The number of aliphatic hydroxyl groups is 4. The molecule has 1 spiro atoms. The number of aliphatic hydroxyl groups excluding tert-OH is 4. The van der Waals surface area contributed by atoms with Crippen LogP contribution in [0, 0.1) is 51.0 Å². The van der Waals surface area contributed by atoms with E-state index in [9.17, 15) is 49.7 Å². The maximum absolute atomic E-state index is 15.5. The lowest BCUT2D eigenvalue weighted by atomic mass is 9.49. The highest BCUT2D eigenvalue weighted by Crippen LogP contribution is 2.61. The van der Waals surface area contributed by atoms with Gasteiger partial charge in [0.15, 0.2) is 36.9 Å². The lowest BCUT2D eigenvalue weighted by Crippen LogP contribution is -2.65. The number of carbonyl (C=O) groups is 5. The number of hydrogen-bond donors (Lipinski definition) is 5. The molecule has 0 radical (unpaired) electrons. The van der Waals surface area contributed by atoms with Crippen LogP contribution in [0.2, 0.25) is 0 Å². The van der Waals surface area contributed by atoms with Crippen molar-refractivity contribution >= 4 is 30.1 Å². The number of Topliss-reactive ketones (excluding diaryl/α,β-unsaturated/α-hetero) is 1. The summed E-state index contributed by atoms with van der Waals surface area (Å²) < 4.78 is 68.5. The first-order valence-electron chi connectivity index (χ1n) is 29.9. The maximum Gasteiger partial charge on any atom is 0.407 e. The molecule has 5 heterocycles. The second kappa shape index (κ2) is 25.2. The zero-order valence-electron chi connectivity index (χ0n) is 50.5. The number of fused-ring (bicyclic) bond motifs is 4. The summed E-state index contributed by atoms with van der Waals surface area (Å²) in [5.41, 5.74) is -4.88. The summed E-state index contributed by atoms with van der Waals surface area (Å²) in [6, 6.07) is -1.12. The highest BCUT2D eigenvalue weighted by Gasteiger charge is 2.65. The fraction of sp³-hybridized carbons (Fsp3) is 0.754. The highest BCUT2D eigenvalue weighted by atomic mass is 16.7. The number of carbonyl (C=O) groups excluding carboxylic acids is 5. The van der Waals surface area contributed by atoms with Crippen molar-refractivity contribution in [2.24, 2.45) is 40.9 Å². The summed E-state index contributed by atoms with van der Waals surface area (Å²) in [5.74, 6) is -6.40. The third kappa shape index (κ3) is 12.3. The van der Waals surface area contributed by atoms with Crippen LogP contribution in [-0.2, 0) is 71.3 Å². The first-order valence-corrected chi connectivity index (χ1v) is 29.9. The molecule has 26 atom stereocenters. The van der Waals surface area contributed by atoms with Crippen molar-refractivity contribution in [3.63, 3.8) is 0 Å². The molecule has 5 N–H and O–H groups in total. The molecule has 24 heteroatoms. The number of aldehydes is 1. The van der Waals surface area contributed by atoms with Crippen LogP contribution in [0.15, 0.2) is 58.4 Å². The number of amides is 1. The Bertz CT molecular complexity index is 2720. The van der Waals surface area contributed by atoms with E-state index in [1.807, 2.05) is 32.9 Å². The molecule has 9 rings (SSSR count). The Morgan fingerprint density at radius 3 is 2.13 bits per heavy atom. The number of rotatable bonds is 12. The minimum Gasteiger partial charge on any atom is -0.511 e. The van der Waals surface area contributed by atoms with Crippen molar-refractivity contribution in [1.29, 1.82) is 0 Å². The number of allylic oxidation sites excluding steroid dienone is 3. The van der Waals surface area contributed by atoms with Crippen LogP contribution in [-0.4, -0.2) is 178 Å². The molecule has 0 aromatic heterocycles. The quantitative estimate of drug-likeness (QED) is 0.0308. The van der Waals surface area contributed by atoms with Crippen LogP contribution >= 0.6 is 0 Å². The zero-order valence-corrected chi connectivity index (χ0v) is 50.5. The molecule has 2 bridgehead atoms. The molecule has 1 amide bonds. The van der Waals surface area contributed by atoms with Crippen LogP contribution in [0.25, 0.3) is 0 Å². The molecule has 85 heavy (non-hydrogen) atoms. The third-order valence-corrected chi connectivity index (χ3v) is 19.8. The smallest absolute Gasteiger partial charge is 0.407 e. The Labute approximate surface area is 495 Å². The number of esters is 2. The topological polar surface area (TPSA) is 323 Å². The molecule has 9 aliphatic rings. The highest BCUT2D eigenvalue weighted by molar-refractivity contribution is 6.26. The van der Waals surface area contributed by atoms with Gasteiger partial charge in [0.05, 0.1) is 74.4 Å². The van der Waals surface area contributed by atoms with E-state index < -0.39 is 191 Å². The number of nitrogens with one attached hydrogen (secondary N) is 1. The number of alkyl carbamates (subject to hydrolysis) is 1. The largest absolute Gasteiger partial charge is 0.511 e. The van der Waals surface area contributed by atoms with Crippen LogP contribution in [0.3, 0.4) is 0 Å². The minimum atomic E-state index is -2.19. The average Bonchev–Trinajstić information content (AvgIpc) is 1.74. The summed E-state index contributed by atoms with van der Waals surface area (Å²) in [5, 5.41) is 61.1. The van der Waals surface area contributed by atoms with Gasteiger partial charge in [-0.1, -0.05) is 50.6 Å². The first-order chi connectivity index (χ1) is 40.0. The van der Waals surface area contributed by atoms with Crippen LogP contribution in [0.4, 0.5) is 4.79 Å². The SMILES string of the molecule is COC(=O)N[C@H]1[C@@H](C)O[C@@H](O[C@H]2C/C=C(\C)[C@@H]3C=C[C@@H]4[C@@H](O[C@H]5C[C@@H](O[C@H]6CC[C@@H](O[C@@H]7C[C@@H](O)[C@@H](O)[C@H](C)O7)[C@H](C)O6)[C@@H](OC(C)=O)[C@H](C)O5)[C@@H](C)C[C@H](C)[C@H]4[C@]3(C)C(O)=C3C(=O)O[C@]4(CC(C=O)=C[C@H](O)[C@H]4/C=C/2C)C3=O)C[C@]1(C)[N+](=O)[O-]. The summed E-state index contributed by atoms with van der Waals surface area (Å²) in [6.45, 7) is 19.1. The average molecular weight is 1200 g/mol. The molecule has 1 saturated carbocycles. The van der Waals surface area contributed by atoms with Gasteiger partial charge in [-0.3, -0.25) is 24.5 Å². The maximum atomic E-state index is 15.5. The van der Waals surface area contributed by atoms with E-state index in [0.29, 0.717) is 36.7 Å². The molecule has 5 saturated heterocycles. The normalized spacial score (nSPS) is 47.0. The van der Waals surface area contributed by atoms with Gasteiger partial charge >= 0.3 is 18.0 Å². The van der Waals surface area contributed by atoms with Gasteiger partial charge in [0.1, 0.15) is 35.9 Å². The number of nitro groups is 1. The van der Waals surface area contributed by atoms with E-state index in [0.717, 1.165) is 7.11 Å². The number of methoxy groups -OCH3 is 1. The van der Waals surface area contributed by atoms with E-state index in [4.69, 9.17) is 52.1 Å². The standard InChI is InChI=1S/C61H86N2O22/c1-27-13-16-42(81-48-25-59(10,63(73)74)54(34(8)79-48)62-58(72)75-12)28(2)20-39-40(66)21-36(26-64)24-61(39)56(70)49(57(71)85-61)55(69)60(11)38(27)15-14-37-50(60)29(3)19-30(4)52(37)84-47-23-44(53(33(7)78-47)80-35(9)65)83-45-18-17-43(31(5)76-45)82-46-22-41(67)51(68)32(6)77-46/h13-15,20-21,26,29-34,37-48,50-54,66-69H,16-19,22-25H2,1-12H3,(H,62,72)/b27-13+,28-20+,55-49?/t29-,30-,31-,32-,33-,34+,37-,38-,39+,40-,41+,42-,43+,44+,45-,46+,47-,48-,50+,51-,52-,53-,54-,59-,60+,61-/m0/s1. The van der Waals surface area contributed by atoms with E-state index in [-0.39, 0.29) is 43.1 Å². The zero-order chi connectivity index (χ0) is 61.9. The van der Waals surface area contributed by atoms with Crippen molar-refractivity contribution in [1.82, 2.24) is 5.32 Å². The Morgan fingerprint density at radius 1 is 0.800 bits per heavy atom. The molecule has 0 aromatic rings. The van der Waals surface area contributed by atoms with Crippen LogP contribution in [0.5, 0.6) is 0 Å². The molecule has 5 aliphatic heterocycles. The Morgan fingerprint density at radius 2 is 1.47 bits per heavy atom. The number of nitrogens with zero attached hydrogens (tertiary/aromatic N) is 1. The fourth-order valence-corrected chi connectivity index (χ4v) is 15.5. The molecule has 472 valence electrons. The monoisotopic (exact) mass is 1200 g/mol. The van der Waals surface area contributed by atoms with Gasteiger partial charge in [0.2, 0.25) is 11.3 Å². The van der Waals surface area contributed by atoms with Crippen molar-refractivity contribution in [3.05, 3.63) is 68.5 Å². The van der Waals surface area contributed by atoms with Gasteiger partial charge in [-0.25, -0.2) is 9.59 Å². The van der Waals surface area contributed by atoms with E-state index in [1.54, 1.807) is 33.8 Å². The molecule has 4 aliphatic carbocycles. The predicted molar refractivity (Wildman–Crippen MR) is 297 cm³/mol. The van der Waals surface area contributed by atoms with E-state index in [1.165, 1.54) is 19.9 Å². The van der Waals surface area contributed by atoms with E-state index in [2.05, 4.69) is 25.2 Å². The molecular weight excluding hydrogens is 1110 g/mol. The Kier molecular flexibility index (Phi) is 19.2. The summed E-state index contributed by atoms with van der Waals surface area (Å²) in [6.07, 6.45) is -4.08. The Hall–Kier alpha value is -4.99. The number of ether oxygens (including phenoxy) is 11. The summed E-state index contributed by atoms with van der Waals surface area (Å²) in [4.78, 5) is 80.1. The van der Waals surface area contributed by atoms with Gasteiger partial charge in [0.25, 0.3) is 0 Å². The second-order valence-corrected chi connectivity index (χ2v) is 25.7. The lowest BCUT2D eigenvalue weighted by molar-refractivity contribution is -0.584. The number of hydrogen-bond acceptors (Lipinski definition) is 22. The van der Waals surface area contributed by atoms with Crippen molar-refractivity contribution < 1.29 is 101 Å². The Balaban J connectivity index is 1.03. The van der Waals surface area contributed by atoms with Crippen LogP contribution < -0.4 is 5.32 Å². The molecule has 24 nitrogen and oxygen atoms in total. The van der Waals surface area contributed by atoms with Gasteiger partial charge in [0, 0.05) is 61.7 Å². The number of ketones is 1.